The third-order valence-electron chi connectivity index (χ3n) is 4.75. The molecule has 0 aliphatic heterocycles. The van der Waals surface area contributed by atoms with Crippen LogP contribution in [0.1, 0.15) is 23.9 Å². The normalized spacial score (nSPS) is 12.0. The zero-order valence-corrected chi connectivity index (χ0v) is 18.8. The first-order chi connectivity index (χ1) is 15.4. The molecule has 2 aromatic carbocycles. The van der Waals surface area contributed by atoms with Crippen molar-refractivity contribution in [2.75, 3.05) is 5.32 Å². The number of anilines is 1. The second-order valence-electron chi connectivity index (χ2n) is 7.43. The van der Waals surface area contributed by atoms with E-state index < -0.39 is 6.10 Å². The summed E-state index contributed by atoms with van der Waals surface area (Å²) < 4.78 is 12.3. The summed E-state index contributed by atoms with van der Waals surface area (Å²) >= 11 is 1.49. The third kappa shape index (κ3) is 5.03. The van der Waals surface area contributed by atoms with Crippen molar-refractivity contribution in [1.29, 1.82) is 0 Å². The second-order valence-corrected chi connectivity index (χ2v) is 8.45. The fraction of sp³-hybridized carbons (Fsp3) is 0.208. The number of rotatable bonds is 7. The van der Waals surface area contributed by atoms with Crippen LogP contribution in [0.3, 0.4) is 0 Å². The summed E-state index contributed by atoms with van der Waals surface area (Å²) in [7, 11) is 0. The SMILES string of the molecule is Cc1ccc(OC(C)C(=O)Nc2ccccc2SCc2cc(=O)n3oc(C)cc3n2)cc1. The average Bonchev–Trinajstić information content (AvgIpc) is 3.15. The van der Waals surface area contributed by atoms with Crippen molar-refractivity contribution in [3.63, 3.8) is 0 Å². The zero-order chi connectivity index (χ0) is 22.7. The van der Waals surface area contributed by atoms with Gasteiger partial charge in [-0.05, 0) is 45.0 Å². The molecule has 1 N–H and O–H groups in total. The summed E-state index contributed by atoms with van der Waals surface area (Å²) in [4.78, 5) is 30.3. The molecule has 1 unspecified atom stereocenters. The van der Waals surface area contributed by atoms with Gasteiger partial charge in [-0.2, -0.15) is 0 Å². The number of nitrogens with one attached hydrogen (secondary N) is 1. The number of carbonyl (C=O) groups is 1. The van der Waals surface area contributed by atoms with E-state index in [1.807, 2.05) is 55.5 Å². The molecule has 2 heterocycles. The summed E-state index contributed by atoms with van der Waals surface area (Å²) in [6, 6.07) is 18.3. The van der Waals surface area contributed by atoms with Gasteiger partial charge in [0.15, 0.2) is 11.8 Å². The number of hydrogen-bond acceptors (Lipinski definition) is 6. The molecule has 0 aliphatic carbocycles. The van der Waals surface area contributed by atoms with Crippen LogP contribution in [0.5, 0.6) is 5.75 Å². The molecule has 0 radical (unpaired) electrons. The van der Waals surface area contributed by atoms with Crippen molar-refractivity contribution in [2.24, 2.45) is 0 Å². The number of aryl methyl sites for hydroxylation is 2. The standard InChI is InChI=1S/C24H23N3O4S/c1-15-8-10-19(11-9-15)30-17(3)24(29)26-20-6-4-5-7-21(20)32-14-18-13-23(28)27-22(25-18)12-16(2)31-27/h4-13,17H,14H2,1-3H3,(H,26,29). The van der Waals surface area contributed by atoms with Gasteiger partial charge < -0.3 is 14.6 Å². The number of benzene rings is 2. The molecule has 2 aromatic heterocycles. The summed E-state index contributed by atoms with van der Waals surface area (Å²) in [5.41, 5.74) is 2.66. The number of carbonyl (C=O) groups excluding carboxylic acids is 1. The zero-order valence-electron chi connectivity index (χ0n) is 18.0. The summed E-state index contributed by atoms with van der Waals surface area (Å²) in [6.07, 6.45) is -0.663. The molecular weight excluding hydrogens is 426 g/mol. The molecule has 0 saturated carbocycles. The van der Waals surface area contributed by atoms with Crippen LogP contribution in [0, 0.1) is 13.8 Å². The highest BCUT2D eigenvalue weighted by molar-refractivity contribution is 7.98. The van der Waals surface area contributed by atoms with Crippen LogP contribution in [-0.4, -0.2) is 21.6 Å². The Hall–Kier alpha value is -3.52. The molecule has 0 saturated heterocycles. The van der Waals surface area contributed by atoms with Crippen molar-refractivity contribution >= 4 is 29.0 Å². The molecule has 1 atom stereocenters. The highest BCUT2D eigenvalue weighted by Crippen LogP contribution is 2.29. The lowest BCUT2D eigenvalue weighted by Gasteiger charge is -2.16. The maximum Gasteiger partial charge on any atom is 0.287 e. The van der Waals surface area contributed by atoms with Gasteiger partial charge in [-0.1, -0.05) is 29.8 Å². The van der Waals surface area contributed by atoms with Gasteiger partial charge in [-0.25, -0.2) is 4.98 Å². The number of ether oxygens (including phenoxy) is 1. The lowest BCUT2D eigenvalue weighted by Crippen LogP contribution is -2.30. The highest BCUT2D eigenvalue weighted by Gasteiger charge is 2.17. The molecule has 7 nitrogen and oxygen atoms in total. The van der Waals surface area contributed by atoms with E-state index in [4.69, 9.17) is 9.26 Å². The number of aromatic nitrogens is 2. The Bertz CT molecular complexity index is 1310. The number of hydrogen-bond donors (Lipinski definition) is 1. The van der Waals surface area contributed by atoms with E-state index in [9.17, 15) is 9.59 Å². The third-order valence-corrected chi connectivity index (χ3v) is 5.85. The number of fused-ring (bicyclic) bond motifs is 1. The molecule has 164 valence electrons. The monoisotopic (exact) mass is 449 g/mol. The van der Waals surface area contributed by atoms with Crippen molar-refractivity contribution in [1.82, 2.24) is 9.56 Å². The first kappa shape index (κ1) is 21.7. The molecule has 4 rings (SSSR count). The van der Waals surface area contributed by atoms with Gasteiger partial charge in [0.25, 0.3) is 11.5 Å². The molecule has 0 fully saturated rings. The molecule has 0 spiro atoms. The van der Waals surface area contributed by atoms with Crippen molar-refractivity contribution in [3.8, 4) is 5.75 Å². The van der Waals surface area contributed by atoms with Gasteiger partial charge in [0, 0.05) is 22.8 Å². The van der Waals surface area contributed by atoms with E-state index in [2.05, 4.69) is 10.3 Å². The Morgan fingerprint density at radius 2 is 1.91 bits per heavy atom. The van der Waals surface area contributed by atoms with Crippen LogP contribution in [-0.2, 0) is 10.5 Å². The summed E-state index contributed by atoms with van der Waals surface area (Å²) in [5.74, 6) is 1.49. The van der Waals surface area contributed by atoms with E-state index in [1.165, 1.54) is 22.4 Å². The molecular formula is C24H23N3O4S. The van der Waals surface area contributed by atoms with E-state index in [0.29, 0.717) is 34.3 Å². The van der Waals surface area contributed by atoms with Crippen LogP contribution < -0.4 is 15.6 Å². The maximum absolute atomic E-state index is 12.7. The topological polar surface area (TPSA) is 85.8 Å². The predicted octanol–water partition coefficient (Wildman–Crippen LogP) is 4.60. The Labute approximate surface area is 189 Å². The van der Waals surface area contributed by atoms with Crippen LogP contribution in [0.25, 0.3) is 5.65 Å². The van der Waals surface area contributed by atoms with E-state index in [0.717, 1.165) is 10.5 Å². The van der Waals surface area contributed by atoms with Crippen molar-refractivity contribution < 1.29 is 14.1 Å². The van der Waals surface area contributed by atoms with Gasteiger partial charge in [0.2, 0.25) is 0 Å². The molecule has 4 aromatic rings. The Kier molecular flexibility index (Phi) is 6.32. The van der Waals surface area contributed by atoms with Gasteiger partial charge in [-0.15, -0.1) is 16.3 Å². The van der Waals surface area contributed by atoms with E-state index in [-0.39, 0.29) is 11.5 Å². The number of nitrogens with zero attached hydrogens (tertiary/aromatic N) is 2. The number of amides is 1. The smallest absolute Gasteiger partial charge is 0.287 e. The molecule has 0 aliphatic rings. The summed E-state index contributed by atoms with van der Waals surface area (Å²) in [6.45, 7) is 5.48. The van der Waals surface area contributed by atoms with Crippen LogP contribution in [0.2, 0.25) is 0 Å². The van der Waals surface area contributed by atoms with Crippen LogP contribution in [0.15, 0.2) is 74.9 Å². The Morgan fingerprint density at radius 1 is 1.16 bits per heavy atom. The minimum absolute atomic E-state index is 0.245. The second kappa shape index (κ2) is 9.32. The number of thioether (sulfide) groups is 1. The maximum atomic E-state index is 12.7. The lowest BCUT2D eigenvalue weighted by atomic mass is 10.2. The minimum atomic E-state index is -0.663. The molecule has 32 heavy (non-hydrogen) atoms. The lowest BCUT2D eigenvalue weighted by molar-refractivity contribution is -0.122. The number of para-hydroxylation sites is 1. The van der Waals surface area contributed by atoms with Gasteiger partial charge >= 0.3 is 0 Å². The minimum Gasteiger partial charge on any atom is -0.481 e. The molecule has 1 amide bonds. The predicted molar refractivity (Wildman–Crippen MR) is 124 cm³/mol. The Morgan fingerprint density at radius 3 is 2.69 bits per heavy atom. The first-order valence-corrected chi connectivity index (χ1v) is 11.1. The van der Waals surface area contributed by atoms with Gasteiger partial charge in [0.1, 0.15) is 11.5 Å². The van der Waals surface area contributed by atoms with Crippen molar-refractivity contribution in [2.45, 2.75) is 37.5 Å². The fourth-order valence-electron chi connectivity index (χ4n) is 3.10. The fourth-order valence-corrected chi connectivity index (χ4v) is 4.00. The Balaban J connectivity index is 1.44. The van der Waals surface area contributed by atoms with E-state index in [1.54, 1.807) is 19.9 Å². The average molecular weight is 450 g/mol. The largest absolute Gasteiger partial charge is 0.481 e. The highest BCUT2D eigenvalue weighted by atomic mass is 32.2. The quantitative estimate of drug-likeness (QED) is 0.415. The van der Waals surface area contributed by atoms with Crippen molar-refractivity contribution in [3.05, 3.63) is 88.0 Å². The van der Waals surface area contributed by atoms with Gasteiger partial charge in [-0.3, -0.25) is 9.59 Å². The van der Waals surface area contributed by atoms with Crippen LogP contribution >= 0.6 is 11.8 Å². The first-order valence-electron chi connectivity index (χ1n) is 10.1. The molecule has 8 heteroatoms. The molecule has 0 bridgehead atoms. The van der Waals surface area contributed by atoms with Gasteiger partial charge in [0.05, 0.1) is 11.4 Å². The van der Waals surface area contributed by atoms with Crippen LogP contribution in [0.4, 0.5) is 5.69 Å². The summed E-state index contributed by atoms with van der Waals surface area (Å²) in [5, 5.41) is 2.94. The van der Waals surface area contributed by atoms with E-state index >= 15 is 0 Å².